The lowest BCUT2D eigenvalue weighted by Gasteiger charge is -2.34. The van der Waals surface area contributed by atoms with Crippen LogP contribution in [0.1, 0.15) is 42.5 Å². The van der Waals surface area contributed by atoms with Crippen LogP contribution in [0.5, 0.6) is 0 Å². The van der Waals surface area contributed by atoms with Gasteiger partial charge in [-0.1, -0.05) is 28.1 Å². The quantitative estimate of drug-likeness (QED) is 0.731. The first-order valence-corrected chi connectivity index (χ1v) is 10.8. The summed E-state index contributed by atoms with van der Waals surface area (Å²) in [5, 5.41) is 3.14. The average molecular weight is 441 g/mol. The van der Waals surface area contributed by atoms with Crippen molar-refractivity contribution in [2.45, 2.75) is 44.6 Å². The van der Waals surface area contributed by atoms with Crippen molar-refractivity contribution in [1.82, 2.24) is 15.3 Å². The minimum absolute atomic E-state index is 0.0271. The Morgan fingerprint density at radius 1 is 1.11 bits per heavy atom. The Labute approximate surface area is 174 Å². The SMILES string of the molecule is O=C(C=Cc1ccc(Br)cc1)NC1CCN(c2ncnc3c2CCCC3)CC1. The maximum absolute atomic E-state index is 12.3. The highest BCUT2D eigenvalue weighted by Crippen LogP contribution is 2.28. The lowest BCUT2D eigenvalue weighted by molar-refractivity contribution is -0.117. The van der Waals surface area contributed by atoms with Crippen molar-refractivity contribution in [1.29, 1.82) is 0 Å². The standard InChI is InChI=1S/C22H25BrN4O/c23-17-8-5-16(6-9-17)7-10-21(28)26-18-11-13-27(14-12-18)22-19-3-1-2-4-20(19)24-15-25-22/h5-10,15,18H,1-4,11-14H2,(H,26,28). The van der Waals surface area contributed by atoms with Gasteiger partial charge in [0.05, 0.1) is 0 Å². The molecule has 5 nitrogen and oxygen atoms in total. The maximum atomic E-state index is 12.3. The second kappa shape index (κ2) is 8.86. The first kappa shape index (κ1) is 19.1. The van der Waals surface area contributed by atoms with Gasteiger partial charge < -0.3 is 10.2 Å². The van der Waals surface area contributed by atoms with Crippen LogP contribution in [0.25, 0.3) is 6.08 Å². The van der Waals surface area contributed by atoms with Crippen molar-refractivity contribution in [2.24, 2.45) is 0 Å². The second-order valence-electron chi connectivity index (χ2n) is 7.48. The number of aromatic nitrogens is 2. The highest BCUT2D eigenvalue weighted by atomic mass is 79.9. The van der Waals surface area contributed by atoms with E-state index in [1.165, 1.54) is 24.1 Å². The molecule has 1 N–H and O–H groups in total. The summed E-state index contributed by atoms with van der Waals surface area (Å²) in [4.78, 5) is 23.7. The maximum Gasteiger partial charge on any atom is 0.244 e. The molecule has 0 bridgehead atoms. The van der Waals surface area contributed by atoms with Crippen LogP contribution in [0.3, 0.4) is 0 Å². The number of carbonyl (C=O) groups is 1. The topological polar surface area (TPSA) is 58.1 Å². The summed E-state index contributed by atoms with van der Waals surface area (Å²) < 4.78 is 1.03. The fourth-order valence-electron chi connectivity index (χ4n) is 4.01. The first-order valence-electron chi connectivity index (χ1n) is 10.0. The zero-order chi connectivity index (χ0) is 19.3. The van der Waals surface area contributed by atoms with Crippen molar-refractivity contribution in [3.05, 3.63) is 58.0 Å². The summed E-state index contributed by atoms with van der Waals surface area (Å²) in [5.74, 6) is 1.09. The number of piperidine rings is 1. The van der Waals surface area contributed by atoms with E-state index in [-0.39, 0.29) is 11.9 Å². The second-order valence-corrected chi connectivity index (χ2v) is 8.40. The van der Waals surface area contributed by atoms with Gasteiger partial charge >= 0.3 is 0 Å². The highest BCUT2D eigenvalue weighted by molar-refractivity contribution is 9.10. The van der Waals surface area contributed by atoms with Gasteiger partial charge in [-0.15, -0.1) is 0 Å². The number of fused-ring (bicyclic) bond motifs is 1. The van der Waals surface area contributed by atoms with Crippen molar-refractivity contribution in [3.8, 4) is 0 Å². The molecule has 6 heteroatoms. The van der Waals surface area contributed by atoms with Gasteiger partial charge in [-0.3, -0.25) is 4.79 Å². The van der Waals surface area contributed by atoms with Crippen molar-refractivity contribution >= 4 is 33.7 Å². The van der Waals surface area contributed by atoms with E-state index in [9.17, 15) is 4.79 Å². The molecule has 2 aliphatic rings. The summed E-state index contributed by atoms with van der Waals surface area (Å²) in [7, 11) is 0. The minimum atomic E-state index is -0.0271. The number of nitrogens with one attached hydrogen (secondary N) is 1. The molecule has 1 aromatic carbocycles. The zero-order valence-electron chi connectivity index (χ0n) is 15.9. The molecule has 2 aromatic rings. The van der Waals surface area contributed by atoms with Crippen molar-refractivity contribution < 1.29 is 4.79 Å². The summed E-state index contributed by atoms with van der Waals surface area (Å²) in [5.41, 5.74) is 3.58. The van der Waals surface area contributed by atoms with Gasteiger partial charge in [-0.2, -0.15) is 0 Å². The Kier molecular flexibility index (Phi) is 6.05. The van der Waals surface area contributed by atoms with Gasteiger partial charge in [-0.05, 0) is 62.3 Å². The summed E-state index contributed by atoms with van der Waals surface area (Å²) in [6.45, 7) is 1.84. The van der Waals surface area contributed by atoms with E-state index >= 15 is 0 Å². The molecular weight excluding hydrogens is 416 g/mol. The van der Waals surface area contributed by atoms with E-state index in [0.717, 1.165) is 54.6 Å². The number of rotatable bonds is 4. The Morgan fingerprint density at radius 3 is 2.64 bits per heavy atom. The number of hydrogen-bond donors (Lipinski definition) is 1. The Hall–Kier alpha value is -2.21. The van der Waals surface area contributed by atoms with Crippen LogP contribution in [0.2, 0.25) is 0 Å². The van der Waals surface area contributed by atoms with Gasteiger partial charge in [0, 0.05) is 40.9 Å². The van der Waals surface area contributed by atoms with Crippen LogP contribution in [-0.2, 0) is 17.6 Å². The third-order valence-electron chi connectivity index (χ3n) is 5.54. The molecule has 146 valence electrons. The molecule has 0 saturated carbocycles. The third kappa shape index (κ3) is 4.61. The van der Waals surface area contributed by atoms with Crippen LogP contribution in [0.15, 0.2) is 41.1 Å². The molecule has 28 heavy (non-hydrogen) atoms. The van der Waals surface area contributed by atoms with Crippen molar-refractivity contribution in [2.75, 3.05) is 18.0 Å². The summed E-state index contributed by atoms with van der Waals surface area (Å²) >= 11 is 3.42. The molecule has 1 amide bonds. The van der Waals surface area contributed by atoms with E-state index < -0.39 is 0 Å². The molecule has 1 aliphatic carbocycles. The number of anilines is 1. The molecular formula is C22H25BrN4O. The van der Waals surface area contributed by atoms with Crippen LogP contribution in [-0.4, -0.2) is 35.0 Å². The van der Waals surface area contributed by atoms with Gasteiger partial charge in [0.2, 0.25) is 5.91 Å². The lowest BCUT2D eigenvalue weighted by atomic mass is 9.95. The minimum Gasteiger partial charge on any atom is -0.356 e. The van der Waals surface area contributed by atoms with E-state index in [0.29, 0.717) is 0 Å². The predicted molar refractivity (Wildman–Crippen MR) is 115 cm³/mol. The normalized spacial score (nSPS) is 17.5. The lowest BCUT2D eigenvalue weighted by Crippen LogP contribution is -2.45. The van der Waals surface area contributed by atoms with E-state index in [1.54, 1.807) is 12.4 Å². The highest BCUT2D eigenvalue weighted by Gasteiger charge is 2.24. The van der Waals surface area contributed by atoms with Gasteiger partial charge in [0.1, 0.15) is 12.1 Å². The Morgan fingerprint density at radius 2 is 1.86 bits per heavy atom. The number of nitrogens with zero attached hydrogens (tertiary/aromatic N) is 3. The molecule has 0 atom stereocenters. The molecule has 2 heterocycles. The van der Waals surface area contributed by atoms with Gasteiger partial charge in [0.15, 0.2) is 0 Å². The number of aryl methyl sites for hydroxylation is 1. The predicted octanol–water partition coefficient (Wildman–Crippen LogP) is 3.92. The van der Waals surface area contributed by atoms with Crippen molar-refractivity contribution in [3.63, 3.8) is 0 Å². The molecule has 0 spiro atoms. The Balaban J connectivity index is 1.31. The molecule has 1 saturated heterocycles. The molecule has 1 aromatic heterocycles. The monoisotopic (exact) mass is 440 g/mol. The van der Waals surface area contributed by atoms with Gasteiger partial charge in [0.25, 0.3) is 0 Å². The van der Waals surface area contributed by atoms with Crippen LogP contribution in [0, 0.1) is 0 Å². The van der Waals surface area contributed by atoms with E-state index in [2.05, 4.69) is 36.1 Å². The van der Waals surface area contributed by atoms with E-state index in [1.807, 2.05) is 30.3 Å². The zero-order valence-corrected chi connectivity index (χ0v) is 17.5. The number of halogens is 1. The molecule has 1 aliphatic heterocycles. The van der Waals surface area contributed by atoms with E-state index in [4.69, 9.17) is 0 Å². The first-order chi connectivity index (χ1) is 13.7. The average Bonchev–Trinajstić information content (AvgIpc) is 2.73. The number of benzene rings is 1. The summed E-state index contributed by atoms with van der Waals surface area (Å²) in [6.07, 6.45) is 11.7. The van der Waals surface area contributed by atoms with Crippen LogP contribution < -0.4 is 10.2 Å². The molecule has 1 fully saturated rings. The molecule has 4 rings (SSSR count). The fraction of sp³-hybridized carbons (Fsp3) is 0.409. The molecule has 0 radical (unpaired) electrons. The van der Waals surface area contributed by atoms with Gasteiger partial charge in [-0.25, -0.2) is 9.97 Å². The third-order valence-corrected chi connectivity index (χ3v) is 6.07. The number of amides is 1. The Bertz CT molecular complexity index is 857. The smallest absolute Gasteiger partial charge is 0.244 e. The van der Waals surface area contributed by atoms with Crippen LogP contribution >= 0.6 is 15.9 Å². The fourth-order valence-corrected chi connectivity index (χ4v) is 4.27. The largest absolute Gasteiger partial charge is 0.356 e. The number of hydrogen-bond acceptors (Lipinski definition) is 4. The molecule has 0 unspecified atom stereocenters. The summed E-state index contributed by atoms with van der Waals surface area (Å²) in [6, 6.07) is 8.12. The number of carbonyl (C=O) groups excluding carboxylic acids is 1. The van der Waals surface area contributed by atoms with Crippen LogP contribution in [0.4, 0.5) is 5.82 Å².